The highest BCUT2D eigenvalue weighted by molar-refractivity contribution is 7.13. The van der Waals surface area contributed by atoms with Crippen molar-refractivity contribution >= 4 is 11.3 Å². The average molecular weight is 272 g/mol. The molecule has 0 fully saturated rings. The second-order valence-corrected chi connectivity index (χ2v) is 4.78. The van der Waals surface area contributed by atoms with Gasteiger partial charge in [0.1, 0.15) is 0 Å². The fourth-order valence-corrected chi connectivity index (χ4v) is 2.57. The topological polar surface area (TPSA) is 20.2 Å². The van der Waals surface area contributed by atoms with Gasteiger partial charge < -0.3 is 5.11 Å². The third-order valence-electron chi connectivity index (χ3n) is 2.55. The summed E-state index contributed by atoms with van der Waals surface area (Å²) >= 11 is 1.46. The zero-order valence-electron chi connectivity index (χ0n) is 9.37. The minimum atomic E-state index is -4.30. The first-order chi connectivity index (χ1) is 8.50. The standard InChI is InChI=1S/C13H11F3OS/c14-13(15,16)11-3-1-10(2-4-11)12-7-9(5-6-17)8-18-12/h1-4,7-8,17H,5-6H2. The molecule has 0 radical (unpaired) electrons. The number of rotatable bonds is 3. The molecule has 0 saturated carbocycles. The summed E-state index contributed by atoms with van der Waals surface area (Å²) in [5, 5.41) is 10.7. The Morgan fingerprint density at radius 3 is 2.33 bits per heavy atom. The van der Waals surface area contributed by atoms with Crippen molar-refractivity contribution in [2.75, 3.05) is 6.61 Å². The summed E-state index contributed by atoms with van der Waals surface area (Å²) in [5.74, 6) is 0. The van der Waals surface area contributed by atoms with Crippen LogP contribution in [-0.2, 0) is 12.6 Å². The van der Waals surface area contributed by atoms with Crippen LogP contribution >= 0.6 is 11.3 Å². The van der Waals surface area contributed by atoms with Gasteiger partial charge in [-0.2, -0.15) is 13.2 Å². The van der Waals surface area contributed by atoms with E-state index in [-0.39, 0.29) is 6.61 Å². The number of hydrogen-bond donors (Lipinski definition) is 1. The van der Waals surface area contributed by atoms with Gasteiger partial charge in [0, 0.05) is 11.5 Å². The lowest BCUT2D eigenvalue weighted by Gasteiger charge is -2.06. The molecule has 0 aliphatic rings. The van der Waals surface area contributed by atoms with Gasteiger partial charge in [-0.1, -0.05) is 12.1 Å². The molecule has 0 atom stereocenters. The van der Waals surface area contributed by atoms with E-state index >= 15 is 0 Å². The van der Waals surface area contributed by atoms with Crippen molar-refractivity contribution in [3.05, 3.63) is 46.8 Å². The fourth-order valence-electron chi connectivity index (χ4n) is 1.61. The van der Waals surface area contributed by atoms with Crippen molar-refractivity contribution in [2.24, 2.45) is 0 Å². The second kappa shape index (κ2) is 5.12. The van der Waals surface area contributed by atoms with Gasteiger partial charge >= 0.3 is 6.18 Å². The van der Waals surface area contributed by atoms with Crippen LogP contribution in [0.4, 0.5) is 13.2 Å². The zero-order valence-corrected chi connectivity index (χ0v) is 10.2. The molecule has 1 aromatic heterocycles. The Hall–Kier alpha value is -1.33. The molecule has 0 aliphatic carbocycles. The van der Waals surface area contributed by atoms with Crippen molar-refractivity contribution in [1.82, 2.24) is 0 Å². The van der Waals surface area contributed by atoms with E-state index in [1.807, 2.05) is 11.4 Å². The molecule has 1 nitrogen and oxygen atoms in total. The lowest BCUT2D eigenvalue weighted by atomic mass is 10.1. The van der Waals surface area contributed by atoms with Crippen LogP contribution in [0.5, 0.6) is 0 Å². The van der Waals surface area contributed by atoms with E-state index in [4.69, 9.17) is 5.11 Å². The number of alkyl halides is 3. The molecule has 1 aromatic carbocycles. The molecule has 2 aromatic rings. The van der Waals surface area contributed by atoms with Crippen molar-refractivity contribution in [3.8, 4) is 10.4 Å². The predicted octanol–water partition coefficient (Wildman–Crippen LogP) is 3.97. The van der Waals surface area contributed by atoms with E-state index in [0.717, 1.165) is 28.1 Å². The number of thiophene rings is 1. The van der Waals surface area contributed by atoms with E-state index in [1.54, 1.807) is 0 Å². The Bertz CT molecular complexity index is 514. The zero-order chi connectivity index (χ0) is 13.2. The van der Waals surface area contributed by atoms with Crippen molar-refractivity contribution in [2.45, 2.75) is 12.6 Å². The van der Waals surface area contributed by atoms with Gasteiger partial charge in [-0.15, -0.1) is 11.3 Å². The van der Waals surface area contributed by atoms with E-state index in [0.29, 0.717) is 6.42 Å². The van der Waals surface area contributed by atoms with Crippen LogP contribution in [0, 0.1) is 0 Å². The average Bonchev–Trinajstić information content (AvgIpc) is 2.77. The number of aliphatic hydroxyl groups excluding tert-OH is 1. The smallest absolute Gasteiger partial charge is 0.396 e. The summed E-state index contributed by atoms with van der Waals surface area (Å²) in [6, 6.07) is 7.00. The lowest BCUT2D eigenvalue weighted by molar-refractivity contribution is -0.137. The summed E-state index contributed by atoms with van der Waals surface area (Å²) in [5.41, 5.74) is 1.12. The first-order valence-electron chi connectivity index (χ1n) is 5.36. The fraction of sp³-hybridized carbons (Fsp3) is 0.231. The van der Waals surface area contributed by atoms with E-state index in [9.17, 15) is 13.2 Å². The monoisotopic (exact) mass is 272 g/mol. The first kappa shape index (κ1) is 13.1. The van der Waals surface area contributed by atoms with Crippen LogP contribution in [0.3, 0.4) is 0 Å². The molecule has 2 rings (SSSR count). The number of aliphatic hydroxyl groups is 1. The van der Waals surface area contributed by atoms with Crippen LogP contribution in [-0.4, -0.2) is 11.7 Å². The minimum Gasteiger partial charge on any atom is -0.396 e. The second-order valence-electron chi connectivity index (χ2n) is 3.87. The van der Waals surface area contributed by atoms with Gasteiger partial charge in [-0.25, -0.2) is 0 Å². The molecular weight excluding hydrogens is 261 g/mol. The van der Waals surface area contributed by atoms with E-state index in [2.05, 4.69) is 0 Å². The minimum absolute atomic E-state index is 0.0726. The van der Waals surface area contributed by atoms with Crippen LogP contribution in [0.15, 0.2) is 35.7 Å². The van der Waals surface area contributed by atoms with Gasteiger partial charge in [-0.3, -0.25) is 0 Å². The molecule has 1 N–H and O–H groups in total. The third kappa shape index (κ3) is 2.91. The van der Waals surface area contributed by atoms with Crippen LogP contribution in [0.2, 0.25) is 0 Å². The summed E-state index contributed by atoms with van der Waals surface area (Å²) in [6.07, 6.45) is -3.73. The van der Waals surface area contributed by atoms with Crippen molar-refractivity contribution < 1.29 is 18.3 Å². The molecule has 5 heteroatoms. The van der Waals surface area contributed by atoms with E-state index in [1.165, 1.54) is 23.5 Å². The van der Waals surface area contributed by atoms with Gasteiger partial charge in [-0.05, 0) is 41.1 Å². The number of hydrogen-bond acceptors (Lipinski definition) is 2. The van der Waals surface area contributed by atoms with Crippen molar-refractivity contribution in [1.29, 1.82) is 0 Å². The number of halogens is 3. The summed E-state index contributed by atoms with van der Waals surface area (Å²) in [4.78, 5) is 0.909. The third-order valence-corrected chi connectivity index (χ3v) is 3.58. The van der Waals surface area contributed by atoms with Crippen LogP contribution in [0.25, 0.3) is 10.4 Å². The Morgan fingerprint density at radius 1 is 1.11 bits per heavy atom. The van der Waals surface area contributed by atoms with Gasteiger partial charge in [0.25, 0.3) is 0 Å². The van der Waals surface area contributed by atoms with Crippen LogP contribution in [0.1, 0.15) is 11.1 Å². The van der Waals surface area contributed by atoms with Gasteiger partial charge in [0.05, 0.1) is 5.56 Å². The molecule has 0 amide bonds. The quantitative estimate of drug-likeness (QED) is 0.896. The molecule has 0 bridgehead atoms. The summed E-state index contributed by atoms with van der Waals surface area (Å²) in [6.45, 7) is 0.0726. The molecular formula is C13H11F3OS. The lowest BCUT2D eigenvalue weighted by Crippen LogP contribution is -2.03. The Morgan fingerprint density at radius 2 is 1.78 bits per heavy atom. The van der Waals surface area contributed by atoms with E-state index < -0.39 is 11.7 Å². The number of benzene rings is 1. The molecule has 1 heterocycles. The van der Waals surface area contributed by atoms with Gasteiger partial charge in [0.15, 0.2) is 0 Å². The highest BCUT2D eigenvalue weighted by Gasteiger charge is 2.29. The Balaban J connectivity index is 2.23. The molecule has 0 unspecified atom stereocenters. The Labute approximate surface area is 107 Å². The first-order valence-corrected chi connectivity index (χ1v) is 6.24. The predicted molar refractivity (Wildman–Crippen MR) is 65.5 cm³/mol. The van der Waals surface area contributed by atoms with Gasteiger partial charge in [0.2, 0.25) is 0 Å². The maximum atomic E-state index is 12.4. The SMILES string of the molecule is OCCc1csc(-c2ccc(C(F)(F)F)cc2)c1. The maximum Gasteiger partial charge on any atom is 0.416 e. The highest BCUT2D eigenvalue weighted by Crippen LogP contribution is 2.32. The summed E-state index contributed by atoms with van der Waals surface area (Å²) in [7, 11) is 0. The molecule has 0 aliphatic heterocycles. The largest absolute Gasteiger partial charge is 0.416 e. The van der Waals surface area contributed by atoms with Crippen molar-refractivity contribution in [3.63, 3.8) is 0 Å². The summed E-state index contributed by atoms with van der Waals surface area (Å²) < 4.78 is 37.2. The molecule has 18 heavy (non-hydrogen) atoms. The highest BCUT2D eigenvalue weighted by atomic mass is 32.1. The maximum absolute atomic E-state index is 12.4. The van der Waals surface area contributed by atoms with Crippen LogP contribution < -0.4 is 0 Å². The molecule has 0 spiro atoms. The molecule has 96 valence electrons. The normalized spacial score (nSPS) is 11.8. The Kier molecular flexibility index (Phi) is 3.73. The molecule has 0 saturated heterocycles.